The third-order valence-corrected chi connectivity index (χ3v) is 5.04. The summed E-state index contributed by atoms with van der Waals surface area (Å²) in [5.74, 6) is -0.0658. The van der Waals surface area contributed by atoms with Crippen LogP contribution < -0.4 is 10.2 Å². The second-order valence-corrected chi connectivity index (χ2v) is 6.91. The molecular formula is C22H24N4O. The zero-order valence-electron chi connectivity index (χ0n) is 15.3. The normalized spacial score (nSPS) is 14.9. The molecule has 27 heavy (non-hydrogen) atoms. The third-order valence-electron chi connectivity index (χ3n) is 5.04. The van der Waals surface area contributed by atoms with Crippen LogP contribution in [0.2, 0.25) is 0 Å². The first kappa shape index (κ1) is 17.3. The van der Waals surface area contributed by atoms with Crippen molar-refractivity contribution in [2.75, 3.05) is 18.0 Å². The Hall–Kier alpha value is -3.08. The van der Waals surface area contributed by atoms with Crippen LogP contribution in [0.1, 0.15) is 34.8 Å². The van der Waals surface area contributed by atoms with Crippen molar-refractivity contribution in [1.29, 1.82) is 0 Å². The fourth-order valence-corrected chi connectivity index (χ4v) is 3.56. The van der Waals surface area contributed by atoms with E-state index in [2.05, 4.69) is 15.3 Å². The Labute approximate surface area is 159 Å². The van der Waals surface area contributed by atoms with E-state index in [0.717, 1.165) is 18.7 Å². The number of amides is 1. The van der Waals surface area contributed by atoms with E-state index < -0.39 is 0 Å². The summed E-state index contributed by atoms with van der Waals surface area (Å²) in [4.78, 5) is 15.2. The Balaban J connectivity index is 1.49. The van der Waals surface area contributed by atoms with Crippen LogP contribution in [0, 0.1) is 0 Å². The minimum Gasteiger partial charge on any atom is -0.372 e. The van der Waals surface area contributed by atoms with E-state index in [4.69, 9.17) is 0 Å². The lowest BCUT2D eigenvalue weighted by Gasteiger charge is -2.20. The second kappa shape index (κ2) is 8.08. The van der Waals surface area contributed by atoms with Gasteiger partial charge in [0.1, 0.15) is 0 Å². The smallest absolute Gasteiger partial charge is 0.251 e. The first-order valence-corrected chi connectivity index (χ1v) is 9.48. The van der Waals surface area contributed by atoms with E-state index >= 15 is 0 Å². The van der Waals surface area contributed by atoms with E-state index in [9.17, 15) is 4.79 Å². The van der Waals surface area contributed by atoms with E-state index in [0.29, 0.717) is 12.1 Å². The Morgan fingerprint density at radius 3 is 2.41 bits per heavy atom. The lowest BCUT2D eigenvalue weighted by molar-refractivity contribution is 0.0932. The largest absolute Gasteiger partial charge is 0.372 e. The number of carbonyl (C=O) groups excluding carboxylic acids is 1. The number of hydrogen-bond donors (Lipinski definition) is 1. The molecule has 0 spiro atoms. The molecule has 0 unspecified atom stereocenters. The summed E-state index contributed by atoms with van der Waals surface area (Å²) in [6.45, 7) is 2.80. The van der Waals surface area contributed by atoms with Gasteiger partial charge in [-0.15, -0.1) is 0 Å². The molecule has 1 aromatic heterocycles. The van der Waals surface area contributed by atoms with Gasteiger partial charge in [-0.2, -0.15) is 5.10 Å². The van der Waals surface area contributed by atoms with E-state index in [1.807, 2.05) is 71.5 Å². The van der Waals surface area contributed by atoms with Crippen molar-refractivity contribution in [3.63, 3.8) is 0 Å². The fraction of sp³-hybridized carbons (Fsp3) is 0.273. The van der Waals surface area contributed by atoms with Crippen molar-refractivity contribution in [1.82, 2.24) is 15.1 Å². The number of anilines is 1. The van der Waals surface area contributed by atoms with Crippen LogP contribution in [-0.2, 0) is 6.54 Å². The fourth-order valence-electron chi connectivity index (χ4n) is 3.56. The van der Waals surface area contributed by atoms with Crippen molar-refractivity contribution in [2.24, 2.45) is 0 Å². The van der Waals surface area contributed by atoms with Gasteiger partial charge in [-0.3, -0.25) is 9.48 Å². The maximum absolute atomic E-state index is 12.8. The molecule has 0 bridgehead atoms. The quantitative estimate of drug-likeness (QED) is 0.730. The highest BCUT2D eigenvalue weighted by molar-refractivity contribution is 5.94. The second-order valence-electron chi connectivity index (χ2n) is 6.91. The maximum Gasteiger partial charge on any atom is 0.251 e. The highest BCUT2D eigenvalue weighted by atomic mass is 16.1. The first-order chi connectivity index (χ1) is 13.3. The molecule has 1 atom stereocenters. The van der Waals surface area contributed by atoms with Crippen molar-refractivity contribution >= 4 is 11.6 Å². The van der Waals surface area contributed by atoms with Crippen LogP contribution >= 0.6 is 0 Å². The van der Waals surface area contributed by atoms with Gasteiger partial charge in [0.15, 0.2) is 0 Å². The summed E-state index contributed by atoms with van der Waals surface area (Å²) >= 11 is 0. The highest BCUT2D eigenvalue weighted by Gasteiger charge is 2.17. The van der Waals surface area contributed by atoms with Gasteiger partial charge in [0, 0.05) is 36.7 Å². The van der Waals surface area contributed by atoms with Crippen LogP contribution in [0.25, 0.3) is 0 Å². The number of nitrogens with one attached hydrogen (secondary N) is 1. The van der Waals surface area contributed by atoms with Gasteiger partial charge in [0.2, 0.25) is 0 Å². The molecule has 4 rings (SSSR count). The van der Waals surface area contributed by atoms with Crippen molar-refractivity contribution in [2.45, 2.75) is 25.4 Å². The molecule has 0 aliphatic carbocycles. The number of rotatable bonds is 6. The molecule has 2 aromatic carbocycles. The molecule has 138 valence electrons. The molecule has 1 saturated heterocycles. The SMILES string of the molecule is O=C(N[C@H](Cn1cccn1)c1ccccc1)c1ccc(N2CCCC2)cc1. The Morgan fingerprint density at radius 2 is 1.74 bits per heavy atom. The number of carbonyl (C=O) groups is 1. The Bertz CT molecular complexity index is 853. The minimum absolute atomic E-state index is 0.0658. The van der Waals surface area contributed by atoms with Gasteiger partial charge < -0.3 is 10.2 Å². The lowest BCUT2D eigenvalue weighted by Crippen LogP contribution is -2.31. The number of benzene rings is 2. The molecule has 3 aromatic rings. The topological polar surface area (TPSA) is 50.2 Å². The molecule has 2 heterocycles. The minimum atomic E-state index is -0.142. The van der Waals surface area contributed by atoms with Gasteiger partial charge in [-0.05, 0) is 48.7 Å². The summed E-state index contributed by atoms with van der Waals surface area (Å²) in [6.07, 6.45) is 6.15. The summed E-state index contributed by atoms with van der Waals surface area (Å²) in [5, 5.41) is 7.44. The predicted molar refractivity (Wildman–Crippen MR) is 107 cm³/mol. The zero-order valence-corrected chi connectivity index (χ0v) is 15.3. The van der Waals surface area contributed by atoms with Gasteiger partial charge in [0.25, 0.3) is 5.91 Å². The van der Waals surface area contributed by atoms with E-state index in [1.165, 1.54) is 18.5 Å². The molecule has 1 aliphatic heterocycles. The first-order valence-electron chi connectivity index (χ1n) is 9.48. The molecule has 1 fully saturated rings. The maximum atomic E-state index is 12.8. The van der Waals surface area contributed by atoms with Gasteiger partial charge in [-0.25, -0.2) is 0 Å². The standard InChI is InChI=1S/C22H24N4O/c27-22(19-9-11-20(12-10-19)25-14-4-5-15-25)24-21(17-26-16-6-13-23-26)18-7-2-1-3-8-18/h1-3,6-13,16,21H,4-5,14-15,17H2,(H,24,27)/t21-/m1/s1. The molecule has 0 saturated carbocycles. The molecule has 1 amide bonds. The average Bonchev–Trinajstić information content (AvgIpc) is 3.42. The number of hydrogen-bond acceptors (Lipinski definition) is 3. The molecule has 0 radical (unpaired) electrons. The summed E-state index contributed by atoms with van der Waals surface area (Å²) in [5.41, 5.74) is 2.94. The van der Waals surface area contributed by atoms with Crippen LogP contribution in [0.4, 0.5) is 5.69 Å². The average molecular weight is 360 g/mol. The van der Waals surface area contributed by atoms with E-state index in [1.54, 1.807) is 6.20 Å². The molecule has 1 aliphatic rings. The van der Waals surface area contributed by atoms with Crippen LogP contribution in [0.5, 0.6) is 0 Å². The van der Waals surface area contributed by atoms with Crippen molar-refractivity contribution < 1.29 is 4.79 Å². The molecule has 5 nitrogen and oxygen atoms in total. The lowest BCUT2D eigenvalue weighted by atomic mass is 10.1. The molecule has 5 heteroatoms. The third kappa shape index (κ3) is 4.19. The van der Waals surface area contributed by atoms with Crippen molar-refractivity contribution in [3.05, 3.63) is 84.2 Å². The summed E-state index contributed by atoms with van der Waals surface area (Å²) in [7, 11) is 0. The summed E-state index contributed by atoms with van der Waals surface area (Å²) < 4.78 is 1.84. The van der Waals surface area contributed by atoms with Gasteiger partial charge in [0.05, 0.1) is 12.6 Å². The van der Waals surface area contributed by atoms with Gasteiger partial charge in [-0.1, -0.05) is 30.3 Å². The van der Waals surface area contributed by atoms with Crippen LogP contribution in [0.3, 0.4) is 0 Å². The molecular weight excluding hydrogens is 336 g/mol. The monoisotopic (exact) mass is 360 g/mol. The predicted octanol–water partition coefficient (Wildman–Crippen LogP) is 3.65. The Morgan fingerprint density at radius 1 is 1.00 bits per heavy atom. The van der Waals surface area contributed by atoms with Crippen LogP contribution in [-0.4, -0.2) is 28.8 Å². The number of nitrogens with zero attached hydrogens (tertiary/aromatic N) is 3. The Kier molecular flexibility index (Phi) is 5.19. The van der Waals surface area contributed by atoms with Crippen LogP contribution in [0.15, 0.2) is 73.1 Å². The highest BCUT2D eigenvalue weighted by Crippen LogP contribution is 2.21. The summed E-state index contributed by atoms with van der Waals surface area (Å²) in [6, 6.07) is 19.7. The van der Waals surface area contributed by atoms with Crippen molar-refractivity contribution in [3.8, 4) is 0 Å². The van der Waals surface area contributed by atoms with Gasteiger partial charge >= 0.3 is 0 Å². The van der Waals surface area contributed by atoms with E-state index in [-0.39, 0.29) is 11.9 Å². The molecule has 1 N–H and O–H groups in total. The number of aromatic nitrogens is 2. The zero-order chi connectivity index (χ0) is 18.5.